The van der Waals surface area contributed by atoms with Crippen molar-refractivity contribution >= 4 is 12.3 Å². The maximum absolute atomic E-state index is 12.0. The van der Waals surface area contributed by atoms with Crippen molar-refractivity contribution in [1.29, 1.82) is 0 Å². The molecule has 2 heterocycles. The molecule has 0 aromatic heterocycles. The van der Waals surface area contributed by atoms with Crippen LogP contribution >= 0.6 is 0 Å². The average molecular weight is 402 g/mol. The van der Waals surface area contributed by atoms with Gasteiger partial charge in [-0.25, -0.2) is 4.79 Å². The van der Waals surface area contributed by atoms with Crippen LogP contribution in [0.4, 0.5) is 0 Å². The van der Waals surface area contributed by atoms with Crippen LogP contribution in [0.2, 0.25) is 0 Å². The van der Waals surface area contributed by atoms with Crippen LogP contribution in [-0.4, -0.2) is 94.1 Å². The second kappa shape index (κ2) is 7.87. The fourth-order valence-corrected chi connectivity index (χ4v) is 3.61. The van der Waals surface area contributed by atoms with Gasteiger partial charge in [-0.05, 0) is 6.08 Å². The molecule has 0 unspecified atom stereocenters. The number of hydrogen-bond donors (Lipinski definition) is 5. The molecule has 0 spiro atoms. The summed E-state index contributed by atoms with van der Waals surface area (Å²) in [6, 6.07) is 0. The van der Waals surface area contributed by atoms with E-state index in [1.165, 1.54) is 19.3 Å². The maximum Gasteiger partial charge on any atom is 0.337 e. The van der Waals surface area contributed by atoms with E-state index in [9.17, 15) is 35.1 Å². The fourth-order valence-electron chi connectivity index (χ4n) is 3.61. The Kier molecular flexibility index (Phi) is 5.87. The van der Waals surface area contributed by atoms with Crippen molar-refractivity contribution in [1.82, 2.24) is 0 Å². The van der Waals surface area contributed by atoms with E-state index in [2.05, 4.69) is 4.74 Å². The number of allylic oxidation sites excluding steroid dienone is 1. The smallest absolute Gasteiger partial charge is 0.337 e. The normalized spacial score (nSPS) is 45.0. The van der Waals surface area contributed by atoms with Crippen molar-refractivity contribution in [3.05, 3.63) is 24.0 Å². The Labute approximate surface area is 159 Å². The minimum Gasteiger partial charge on any atom is -0.471 e. The van der Waals surface area contributed by atoms with E-state index in [0.717, 1.165) is 6.26 Å². The number of carbonyl (C=O) groups is 2. The molecule has 1 aliphatic carbocycles. The number of aliphatic hydroxyl groups excluding tert-OH is 4. The van der Waals surface area contributed by atoms with Gasteiger partial charge in [0.05, 0.1) is 31.5 Å². The first-order valence-corrected chi connectivity index (χ1v) is 8.55. The van der Waals surface area contributed by atoms with Gasteiger partial charge in [-0.15, -0.1) is 0 Å². The van der Waals surface area contributed by atoms with Gasteiger partial charge in [0.25, 0.3) is 0 Å². The summed E-state index contributed by atoms with van der Waals surface area (Å²) in [5, 5.41) is 49.7. The summed E-state index contributed by atoms with van der Waals surface area (Å²) in [6.45, 7) is -0.658. The van der Waals surface area contributed by atoms with Gasteiger partial charge in [0.15, 0.2) is 12.6 Å². The monoisotopic (exact) mass is 402 g/mol. The summed E-state index contributed by atoms with van der Waals surface area (Å²) >= 11 is 0. The highest BCUT2D eigenvalue weighted by Crippen LogP contribution is 2.45. The van der Waals surface area contributed by atoms with Gasteiger partial charge in [0.1, 0.15) is 30.0 Å². The van der Waals surface area contributed by atoms with Crippen LogP contribution in [0.1, 0.15) is 0 Å². The van der Waals surface area contributed by atoms with Crippen LogP contribution in [-0.2, 0) is 28.5 Å². The summed E-state index contributed by atoms with van der Waals surface area (Å²) < 4.78 is 20.8. The minimum absolute atomic E-state index is 0.0511. The maximum atomic E-state index is 12.0. The van der Waals surface area contributed by atoms with Gasteiger partial charge in [-0.1, -0.05) is 6.08 Å². The molecule has 0 aromatic carbocycles. The number of carbonyl (C=O) groups excluding carboxylic acids is 2. The number of aliphatic hydroxyl groups is 5. The molecular formula is C17H22O11. The molecule has 156 valence electrons. The molecular weight excluding hydrogens is 380 g/mol. The molecule has 5 N–H and O–H groups in total. The zero-order valence-corrected chi connectivity index (χ0v) is 14.8. The first-order valence-electron chi connectivity index (χ1n) is 8.55. The van der Waals surface area contributed by atoms with Gasteiger partial charge in [-0.3, -0.25) is 4.79 Å². The molecule has 2 aliphatic heterocycles. The van der Waals surface area contributed by atoms with Gasteiger partial charge in [0, 0.05) is 5.92 Å². The highest BCUT2D eigenvalue weighted by atomic mass is 16.8. The third kappa shape index (κ3) is 3.35. The minimum atomic E-state index is -2.03. The number of rotatable bonds is 5. The highest BCUT2D eigenvalue weighted by Gasteiger charge is 2.55. The second-order valence-corrected chi connectivity index (χ2v) is 6.82. The molecule has 11 nitrogen and oxygen atoms in total. The Morgan fingerprint density at radius 1 is 1.25 bits per heavy atom. The van der Waals surface area contributed by atoms with Crippen LogP contribution in [0.3, 0.4) is 0 Å². The lowest BCUT2D eigenvalue weighted by atomic mass is 9.80. The Morgan fingerprint density at radius 2 is 1.96 bits per heavy atom. The van der Waals surface area contributed by atoms with E-state index in [1.807, 2.05) is 0 Å². The molecule has 1 fully saturated rings. The Morgan fingerprint density at radius 3 is 2.57 bits per heavy atom. The van der Waals surface area contributed by atoms with Crippen LogP contribution in [0.15, 0.2) is 24.0 Å². The lowest BCUT2D eigenvalue weighted by molar-refractivity contribution is -0.344. The summed E-state index contributed by atoms with van der Waals surface area (Å²) in [5.74, 6) is -2.62. The quantitative estimate of drug-likeness (QED) is 0.180. The second-order valence-electron chi connectivity index (χ2n) is 6.82. The van der Waals surface area contributed by atoms with Crippen molar-refractivity contribution < 1.29 is 54.1 Å². The number of fused-ring (bicyclic) bond motifs is 1. The van der Waals surface area contributed by atoms with E-state index in [0.29, 0.717) is 0 Å². The van der Waals surface area contributed by atoms with Crippen molar-refractivity contribution in [3.8, 4) is 0 Å². The predicted molar refractivity (Wildman–Crippen MR) is 87.0 cm³/mol. The lowest BCUT2D eigenvalue weighted by Gasteiger charge is -2.43. The first kappa shape index (κ1) is 20.9. The molecule has 3 aliphatic rings. The highest BCUT2D eigenvalue weighted by molar-refractivity contribution is 5.90. The Balaban J connectivity index is 1.86. The van der Waals surface area contributed by atoms with Crippen LogP contribution in [0.25, 0.3) is 0 Å². The molecule has 0 saturated carbocycles. The molecule has 11 heteroatoms. The molecule has 9 atom stereocenters. The van der Waals surface area contributed by atoms with Crippen molar-refractivity contribution in [2.24, 2.45) is 11.8 Å². The molecule has 0 bridgehead atoms. The topological polar surface area (TPSA) is 172 Å². The molecule has 0 amide bonds. The number of methoxy groups -OCH3 is 1. The zero-order valence-electron chi connectivity index (χ0n) is 14.8. The van der Waals surface area contributed by atoms with Crippen molar-refractivity contribution in [3.63, 3.8) is 0 Å². The SMILES string of the molecule is COC(=O)C1=CO[C@@H](O[C@@H]2O[C@H](CO)[C@@H](O)[C@H](O)[C@H]2O)[C@H]2[C@@H]1C=C[C@@]2(O)C=O. The number of aldehydes is 1. The van der Waals surface area contributed by atoms with Crippen LogP contribution < -0.4 is 0 Å². The van der Waals surface area contributed by atoms with Crippen molar-refractivity contribution in [2.45, 2.75) is 42.6 Å². The molecule has 0 aromatic rings. The first-order chi connectivity index (χ1) is 13.3. The Hall–Kier alpha value is -1.86. The van der Waals surface area contributed by atoms with Gasteiger partial charge in [-0.2, -0.15) is 0 Å². The van der Waals surface area contributed by atoms with Gasteiger partial charge in [0.2, 0.25) is 6.29 Å². The summed E-state index contributed by atoms with van der Waals surface area (Å²) in [5.41, 5.74) is -1.98. The number of ether oxygens (including phenoxy) is 4. The van der Waals surface area contributed by atoms with Gasteiger partial charge < -0.3 is 44.5 Å². The standard InChI is InChI=1S/C17H22O11/c1-25-14(23)8-5-26-15(10-7(8)2-3-17(10,24)6-19)28-16-13(22)12(21)11(20)9(4-18)27-16/h2-3,5-7,9-13,15-16,18,20-22,24H,4H2,1H3/t7-,9-,10-,11-,12+,13-,15+,16+,17-/m1/s1. The van der Waals surface area contributed by atoms with E-state index < -0.39 is 67.0 Å². The fraction of sp³-hybridized carbons (Fsp3) is 0.647. The lowest BCUT2D eigenvalue weighted by Crippen LogP contribution is -2.61. The number of hydrogen-bond acceptors (Lipinski definition) is 11. The average Bonchev–Trinajstić information content (AvgIpc) is 3.06. The molecule has 28 heavy (non-hydrogen) atoms. The van der Waals surface area contributed by atoms with Crippen LogP contribution in [0.5, 0.6) is 0 Å². The molecule has 0 radical (unpaired) electrons. The third-order valence-electron chi connectivity index (χ3n) is 5.20. The van der Waals surface area contributed by atoms with Crippen molar-refractivity contribution in [2.75, 3.05) is 13.7 Å². The largest absolute Gasteiger partial charge is 0.471 e. The van der Waals surface area contributed by atoms with E-state index in [1.54, 1.807) is 0 Å². The molecule has 3 rings (SSSR count). The molecule has 1 saturated heterocycles. The van der Waals surface area contributed by atoms with Gasteiger partial charge >= 0.3 is 5.97 Å². The van der Waals surface area contributed by atoms with E-state index in [-0.39, 0.29) is 11.9 Å². The van der Waals surface area contributed by atoms with E-state index >= 15 is 0 Å². The summed E-state index contributed by atoms with van der Waals surface area (Å²) in [4.78, 5) is 23.4. The Bertz CT molecular complexity index is 674. The number of esters is 1. The third-order valence-corrected chi connectivity index (χ3v) is 5.20. The van der Waals surface area contributed by atoms with Crippen LogP contribution in [0, 0.1) is 11.8 Å². The zero-order chi connectivity index (χ0) is 20.6. The summed E-state index contributed by atoms with van der Waals surface area (Å²) in [6.07, 6.45) is -5.13. The summed E-state index contributed by atoms with van der Waals surface area (Å²) in [7, 11) is 1.17. The van der Waals surface area contributed by atoms with E-state index in [4.69, 9.17) is 14.2 Å². The predicted octanol–water partition coefficient (Wildman–Crippen LogP) is -3.05.